The normalized spacial score (nSPS) is 12.2. The molecule has 3 heteroatoms. The molecule has 0 aliphatic rings. The van der Waals surface area contributed by atoms with Crippen molar-refractivity contribution in [3.63, 3.8) is 0 Å². The fourth-order valence-electron chi connectivity index (χ4n) is 1.98. The van der Waals surface area contributed by atoms with Crippen LogP contribution in [-0.4, -0.2) is 19.0 Å². The molecule has 1 rings (SSSR count). The first kappa shape index (κ1) is 14.7. The van der Waals surface area contributed by atoms with Gasteiger partial charge >= 0.3 is 0 Å². The molecule has 1 atom stereocenters. The molecule has 3 nitrogen and oxygen atoms in total. The molecule has 1 amide bonds. The van der Waals surface area contributed by atoms with Gasteiger partial charge in [0.15, 0.2) is 0 Å². The first-order valence-corrected chi connectivity index (χ1v) is 6.59. The third-order valence-electron chi connectivity index (χ3n) is 3.05. The number of aryl methyl sites for hydroxylation is 2. The number of amides is 1. The second-order valence-electron chi connectivity index (χ2n) is 5.12. The molecule has 1 aromatic carbocycles. The van der Waals surface area contributed by atoms with E-state index in [2.05, 4.69) is 18.3 Å². The van der Waals surface area contributed by atoms with E-state index < -0.39 is 0 Å². The Kier molecular flexibility index (Phi) is 5.86. The van der Waals surface area contributed by atoms with Crippen LogP contribution < -0.4 is 11.1 Å². The monoisotopic (exact) mass is 248 g/mol. The maximum atomic E-state index is 11.9. The lowest BCUT2D eigenvalue weighted by atomic mass is 10.1. The predicted octanol–water partition coefficient (Wildman–Crippen LogP) is 2.41. The van der Waals surface area contributed by atoms with E-state index >= 15 is 0 Å². The van der Waals surface area contributed by atoms with Gasteiger partial charge in [-0.2, -0.15) is 0 Å². The van der Waals surface area contributed by atoms with Crippen molar-refractivity contribution in [1.82, 2.24) is 5.32 Å². The van der Waals surface area contributed by atoms with Crippen LogP contribution in [0.2, 0.25) is 0 Å². The fraction of sp³-hybridized carbons (Fsp3) is 0.533. The van der Waals surface area contributed by atoms with Crippen molar-refractivity contribution in [1.29, 1.82) is 0 Å². The van der Waals surface area contributed by atoms with E-state index in [1.54, 1.807) is 0 Å². The van der Waals surface area contributed by atoms with Crippen molar-refractivity contribution >= 4 is 5.91 Å². The summed E-state index contributed by atoms with van der Waals surface area (Å²) < 4.78 is 0. The average Bonchev–Trinajstić information content (AvgIpc) is 2.32. The maximum absolute atomic E-state index is 11.9. The number of carbonyl (C=O) groups is 1. The highest BCUT2D eigenvalue weighted by molar-refractivity contribution is 5.94. The van der Waals surface area contributed by atoms with Gasteiger partial charge in [-0.3, -0.25) is 4.79 Å². The first-order valence-electron chi connectivity index (χ1n) is 6.59. The molecule has 0 bridgehead atoms. The van der Waals surface area contributed by atoms with Crippen LogP contribution in [0.4, 0.5) is 0 Å². The van der Waals surface area contributed by atoms with Crippen LogP contribution in [-0.2, 0) is 0 Å². The summed E-state index contributed by atoms with van der Waals surface area (Å²) in [7, 11) is 0. The molecule has 1 aromatic rings. The lowest BCUT2D eigenvalue weighted by molar-refractivity contribution is 0.0952. The number of hydrogen-bond donors (Lipinski definition) is 2. The van der Waals surface area contributed by atoms with E-state index in [-0.39, 0.29) is 5.91 Å². The minimum Gasteiger partial charge on any atom is -0.352 e. The SMILES string of the molecule is Cc1cc(C)cc(C(=O)NCCCC(C)CN)c1. The van der Waals surface area contributed by atoms with Crippen LogP contribution in [0.25, 0.3) is 0 Å². The zero-order valence-electron chi connectivity index (χ0n) is 11.6. The summed E-state index contributed by atoms with van der Waals surface area (Å²) in [6.07, 6.45) is 2.04. The molecule has 18 heavy (non-hydrogen) atoms. The van der Waals surface area contributed by atoms with Crippen LogP contribution in [0.15, 0.2) is 18.2 Å². The zero-order chi connectivity index (χ0) is 13.5. The van der Waals surface area contributed by atoms with E-state index in [0.717, 1.165) is 36.1 Å². The van der Waals surface area contributed by atoms with E-state index in [0.29, 0.717) is 12.5 Å². The van der Waals surface area contributed by atoms with Gasteiger partial charge in [-0.05, 0) is 51.3 Å². The number of nitrogens with two attached hydrogens (primary N) is 1. The smallest absolute Gasteiger partial charge is 0.251 e. The van der Waals surface area contributed by atoms with Crippen molar-refractivity contribution in [3.8, 4) is 0 Å². The molecular formula is C15H24N2O. The molecule has 0 radical (unpaired) electrons. The lowest BCUT2D eigenvalue weighted by Crippen LogP contribution is -2.25. The van der Waals surface area contributed by atoms with Gasteiger partial charge in [0.25, 0.3) is 5.91 Å². The standard InChI is InChI=1S/C15H24N2O/c1-11(10-16)5-4-6-17-15(18)14-8-12(2)7-13(3)9-14/h7-9,11H,4-6,10,16H2,1-3H3,(H,17,18). The predicted molar refractivity (Wildman–Crippen MR) is 75.7 cm³/mol. The highest BCUT2D eigenvalue weighted by Gasteiger charge is 2.06. The summed E-state index contributed by atoms with van der Waals surface area (Å²) in [6, 6.07) is 5.91. The number of nitrogens with one attached hydrogen (secondary N) is 1. The maximum Gasteiger partial charge on any atom is 0.251 e. The Hall–Kier alpha value is -1.35. The topological polar surface area (TPSA) is 55.1 Å². The molecule has 0 fully saturated rings. The molecule has 0 aromatic heterocycles. The third kappa shape index (κ3) is 4.88. The minimum absolute atomic E-state index is 0.0159. The highest BCUT2D eigenvalue weighted by Crippen LogP contribution is 2.09. The van der Waals surface area contributed by atoms with Crippen LogP contribution in [0.3, 0.4) is 0 Å². The molecular weight excluding hydrogens is 224 g/mol. The number of rotatable bonds is 6. The number of carbonyl (C=O) groups excluding carboxylic acids is 1. The Bertz CT molecular complexity index is 381. The van der Waals surface area contributed by atoms with Gasteiger partial charge in [0.05, 0.1) is 0 Å². The van der Waals surface area contributed by atoms with E-state index in [1.165, 1.54) is 0 Å². The van der Waals surface area contributed by atoms with Gasteiger partial charge in [0.1, 0.15) is 0 Å². The van der Waals surface area contributed by atoms with Crippen molar-refractivity contribution in [2.45, 2.75) is 33.6 Å². The van der Waals surface area contributed by atoms with Gasteiger partial charge in [-0.25, -0.2) is 0 Å². The molecule has 0 saturated heterocycles. The Morgan fingerprint density at radius 2 is 1.89 bits per heavy atom. The van der Waals surface area contributed by atoms with Gasteiger partial charge in [-0.15, -0.1) is 0 Å². The van der Waals surface area contributed by atoms with Gasteiger partial charge in [0, 0.05) is 12.1 Å². The molecule has 0 saturated carbocycles. The molecule has 0 aliphatic heterocycles. The summed E-state index contributed by atoms with van der Waals surface area (Å²) in [4.78, 5) is 11.9. The van der Waals surface area contributed by atoms with Crippen LogP contribution >= 0.6 is 0 Å². The fourth-order valence-corrected chi connectivity index (χ4v) is 1.98. The molecule has 0 heterocycles. The van der Waals surface area contributed by atoms with Crippen molar-refractivity contribution in [3.05, 3.63) is 34.9 Å². The molecule has 1 unspecified atom stereocenters. The van der Waals surface area contributed by atoms with E-state index in [9.17, 15) is 4.79 Å². The molecule has 100 valence electrons. The molecule has 3 N–H and O–H groups in total. The Morgan fingerprint density at radius 1 is 1.28 bits per heavy atom. The quantitative estimate of drug-likeness (QED) is 0.760. The van der Waals surface area contributed by atoms with E-state index in [4.69, 9.17) is 5.73 Å². The second kappa shape index (κ2) is 7.17. The van der Waals surface area contributed by atoms with Gasteiger partial charge < -0.3 is 11.1 Å². The summed E-state index contributed by atoms with van der Waals surface area (Å²) in [5, 5.41) is 2.95. The highest BCUT2D eigenvalue weighted by atomic mass is 16.1. The average molecular weight is 248 g/mol. The van der Waals surface area contributed by atoms with Crippen molar-refractivity contribution < 1.29 is 4.79 Å². The molecule has 0 aliphatic carbocycles. The minimum atomic E-state index is 0.0159. The van der Waals surface area contributed by atoms with E-state index in [1.807, 2.05) is 26.0 Å². The van der Waals surface area contributed by atoms with Gasteiger partial charge in [0.2, 0.25) is 0 Å². The summed E-state index contributed by atoms with van der Waals surface area (Å²) >= 11 is 0. The Morgan fingerprint density at radius 3 is 2.44 bits per heavy atom. The van der Waals surface area contributed by atoms with Crippen LogP contribution in [0.1, 0.15) is 41.3 Å². The Balaban J connectivity index is 2.41. The zero-order valence-corrected chi connectivity index (χ0v) is 11.6. The Labute approximate surface area is 110 Å². The van der Waals surface area contributed by atoms with Crippen LogP contribution in [0, 0.1) is 19.8 Å². The second-order valence-corrected chi connectivity index (χ2v) is 5.12. The summed E-state index contributed by atoms with van der Waals surface area (Å²) in [5.41, 5.74) is 8.54. The van der Waals surface area contributed by atoms with Crippen molar-refractivity contribution in [2.24, 2.45) is 11.7 Å². The first-order chi connectivity index (χ1) is 8.52. The van der Waals surface area contributed by atoms with Gasteiger partial charge in [-0.1, -0.05) is 24.1 Å². The molecule has 0 spiro atoms. The van der Waals surface area contributed by atoms with Crippen LogP contribution in [0.5, 0.6) is 0 Å². The number of benzene rings is 1. The lowest BCUT2D eigenvalue weighted by Gasteiger charge is -2.09. The largest absolute Gasteiger partial charge is 0.352 e. The van der Waals surface area contributed by atoms with Crippen molar-refractivity contribution in [2.75, 3.05) is 13.1 Å². The third-order valence-corrected chi connectivity index (χ3v) is 3.05. The summed E-state index contributed by atoms with van der Waals surface area (Å²) in [6.45, 7) is 7.58. The number of hydrogen-bond acceptors (Lipinski definition) is 2. The summed E-state index contributed by atoms with van der Waals surface area (Å²) in [5.74, 6) is 0.547.